The number of fused-ring (bicyclic) bond motifs is 1. The number of ether oxygens (including phenoxy) is 1. The third-order valence-corrected chi connectivity index (χ3v) is 9.18. The van der Waals surface area contributed by atoms with Gasteiger partial charge in [-0.05, 0) is 74.5 Å². The Labute approximate surface area is 268 Å². The number of nitrogens with zero attached hydrogens (tertiary/aromatic N) is 2. The lowest BCUT2D eigenvalue weighted by atomic mass is 10.0. The number of thiazole rings is 1. The molecule has 0 unspecified atom stereocenters. The van der Waals surface area contributed by atoms with Crippen LogP contribution in [0.5, 0.6) is 0 Å². The summed E-state index contributed by atoms with van der Waals surface area (Å²) in [6.07, 6.45) is 1.63. The molecule has 0 saturated carbocycles. The molecule has 1 atom stereocenters. The molecule has 5 aromatic rings. The highest BCUT2D eigenvalue weighted by molar-refractivity contribution is 7.07. The summed E-state index contributed by atoms with van der Waals surface area (Å²) in [6, 6.07) is 16.4. The molecule has 1 aliphatic rings. The van der Waals surface area contributed by atoms with Crippen molar-refractivity contribution in [3.63, 3.8) is 0 Å². The van der Waals surface area contributed by atoms with Gasteiger partial charge in [-0.2, -0.15) is 0 Å². The fraction of sp³-hybridized carbons (Fsp3) is 0.129. The first kappa shape index (κ1) is 29.5. The van der Waals surface area contributed by atoms with Crippen molar-refractivity contribution in [2.75, 3.05) is 6.61 Å². The standard InChI is InChI=1S/C31H20Cl4N2O5S/c1-3-40-30(39)27-15(2)36-31-37(28(27)25-11-10-24(42-25)17-5-8-20(33)22(35)13-17)29(38)26(43-31)14-18-6-9-23(41-18)16-4-7-19(32)21(34)12-16/h4-14,28H,3H2,1-2H3/b26-14-/t28-/m0/s1. The average Bonchev–Trinajstić information content (AvgIpc) is 3.71. The number of hydrogen-bond donors (Lipinski definition) is 0. The van der Waals surface area contributed by atoms with Crippen LogP contribution in [-0.4, -0.2) is 17.1 Å². The smallest absolute Gasteiger partial charge is 0.338 e. The molecule has 12 heteroatoms. The number of furan rings is 2. The Morgan fingerprint density at radius 1 is 0.930 bits per heavy atom. The molecule has 0 radical (unpaired) electrons. The van der Waals surface area contributed by atoms with E-state index >= 15 is 0 Å². The Balaban J connectivity index is 1.45. The molecule has 43 heavy (non-hydrogen) atoms. The maximum Gasteiger partial charge on any atom is 0.338 e. The highest BCUT2D eigenvalue weighted by Gasteiger charge is 2.35. The zero-order chi connectivity index (χ0) is 30.4. The first-order chi connectivity index (χ1) is 20.6. The van der Waals surface area contributed by atoms with Crippen molar-refractivity contribution < 1.29 is 18.4 Å². The molecule has 3 aromatic heterocycles. The molecule has 218 valence electrons. The number of carbonyl (C=O) groups is 1. The maximum atomic E-state index is 13.9. The molecule has 1 aliphatic heterocycles. The van der Waals surface area contributed by atoms with Crippen LogP contribution in [-0.2, 0) is 9.53 Å². The van der Waals surface area contributed by atoms with Gasteiger partial charge in [-0.15, -0.1) is 0 Å². The Hall–Kier alpha value is -3.53. The lowest BCUT2D eigenvalue weighted by Crippen LogP contribution is -2.39. The number of halogens is 4. The second-order valence-electron chi connectivity index (χ2n) is 9.46. The van der Waals surface area contributed by atoms with Gasteiger partial charge >= 0.3 is 5.97 Å². The lowest BCUT2D eigenvalue weighted by molar-refractivity contribution is -0.139. The number of benzene rings is 2. The predicted molar refractivity (Wildman–Crippen MR) is 169 cm³/mol. The molecule has 4 heterocycles. The van der Waals surface area contributed by atoms with E-state index in [2.05, 4.69) is 4.99 Å². The van der Waals surface area contributed by atoms with Crippen LogP contribution in [0.4, 0.5) is 0 Å². The van der Waals surface area contributed by atoms with Crippen LogP contribution in [0.2, 0.25) is 20.1 Å². The zero-order valence-corrected chi connectivity index (χ0v) is 26.3. The second-order valence-corrected chi connectivity index (χ2v) is 12.1. The van der Waals surface area contributed by atoms with Crippen LogP contribution in [0.15, 0.2) is 90.6 Å². The fourth-order valence-corrected chi connectivity index (χ4v) is 6.35. The first-order valence-electron chi connectivity index (χ1n) is 12.9. The van der Waals surface area contributed by atoms with Gasteiger partial charge in [0.2, 0.25) is 0 Å². The van der Waals surface area contributed by atoms with Gasteiger partial charge in [-0.1, -0.05) is 57.7 Å². The van der Waals surface area contributed by atoms with E-state index in [9.17, 15) is 9.59 Å². The van der Waals surface area contributed by atoms with Crippen molar-refractivity contribution in [1.29, 1.82) is 0 Å². The molecule has 0 N–H and O–H groups in total. The van der Waals surface area contributed by atoms with E-state index in [1.165, 1.54) is 15.9 Å². The predicted octanol–water partition coefficient (Wildman–Crippen LogP) is 7.93. The van der Waals surface area contributed by atoms with Crippen LogP contribution in [0, 0.1) is 0 Å². The fourth-order valence-electron chi connectivity index (χ4n) is 4.73. The van der Waals surface area contributed by atoms with Crippen molar-refractivity contribution in [2.45, 2.75) is 19.9 Å². The van der Waals surface area contributed by atoms with Gasteiger partial charge in [-0.25, -0.2) is 9.79 Å². The van der Waals surface area contributed by atoms with Gasteiger partial charge in [-0.3, -0.25) is 9.36 Å². The summed E-state index contributed by atoms with van der Waals surface area (Å²) in [5.74, 6) is 1.25. The Morgan fingerprint density at radius 2 is 1.56 bits per heavy atom. The average molecular weight is 674 g/mol. The maximum absolute atomic E-state index is 13.9. The van der Waals surface area contributed by atoms with Gasteiger partial charge in [0.1, 0.15) is 29.1 Å². The first-order valence-corrected chi connectivity index (χ1v) is 15.3. The minimum absolute atomic E-state index is 0.152. The SMILES string of the molecule is CCOC(=O)C1=C(C)N=c2s/c(=C\c3ccc(-c4ccc(Cl)c(Cl)c4)o3)c(=O)n2[C@H]1c1ccc(-c2ccc(Cl)c(Cl)c2)o1. The largest absolute Gasteiger partial charge is 0.463 e. The summed E-state index contributed by atoms with van der Waals surface area (Å²) in [6.45, 7) is 3.57. The number of rotatable bonds is 6. The van der Waals surface area contributed by atoms with Crippen molar-refractivity contribution in [1.82, 2.24) is 4.57 Å². The minimum atomic E-state index is -0.919. The van der Waals surface area contributed by atoms with Crippen molar-refractivity contribution in [3.8, 4) is 22.6 Å². The van der Waals surface area contributed by atoms with Crippen LogP contribution in [0.3, 0.4) is 0 Å². The van der Waals surface area contributed by atoms with E-state index in [4.69, 9.17) is 60.0 Å². The van der Waals surface area contributed by atoms with E-state index in [0.717, 1.165) is 5.56 Å². The summed E-state index contributed by atoms with van der Waals surface area (Å²) in [7, 11) is 0. The molecule has 0 bridgehead atoms. The third-order valence-electron chi connectivity index (χ3n) is 6.72. The number of esters is 1. The van der Waals surface area contributed by atoms with Crippen LogP contribution in [0.25, 0.3) is 28.7 Å². The molecule has 2 aromatic carbocycles. The molecule has 7 nitrogen and oxygen atoms in total. The van der Waals surface area contributed by atoms with E-state index < -0.39 is 12.0 Å². The van der Waals surface area contributed by atoms with E-state index in [1.807, 2.05) is 0 Å². The normalized spacial score (nSPS) is 15.0. The van der Waals surface area contributed by atoms with Crippen molar-refractivity contribution in [3.05, 3.63) is 123 Å². The summed E-state index contributed by atoms with van der Waals surface area (Å²) >= 11 is 25.7. The van der Waals surface area contributed by atoms with Crippen molar-refractivity contribution in [2.24, 2.45) is 4.99 Å². The molecular formula is C31H20Cl4N2O5S. The topological polar surface area (TPSA) is 86.9 Å². The van der Waals surface area contributed by atoms with Gasteiger partial charge in [0.05, 0.1) is 42.5 Å². The molecule has 0 aliphatic carbocycles. The Kier molecular flexibility index (Phi) is 8.15. The quantitative estimate of drug-likeness (QED) is 0.171. The third kappa shape index (κ3) is 5.61. The monoisotopic (exact) mass is 672 g/mol. The van der Waals surface area contributed by atoms with Gasteiger partial charge in [0, 0.05) is 17.2 Å². The molecular weight excluding hydrogens is 654 g/mol. The second kappa shape index (κ2) is 11.9. The number of carbonyl (C=O) groups excluding carboxylic acids is 1. The molecule has 0 saturated heterocycles. The highest BCUT2D eigenvalue weighted by atomic mass is 35.5. The van der Waals surface area contributed by atoms with E-state index in [-0.39, 0.29) is 17.7 Å². The van der Waals surface area contributed by atoms with Gasteiger partial charge in [0.25, 0.3) is 5.56 Å². The Morgan fingerprint density at radius 3 is 2.19 bits per heavy atom. The minimum Gasteiger partial charge on any atom is -0.463 e. The lowest BCUT2D eigenvalue weighted by Gasteiger charge is -2.22. The zero-order valence-electron chi connectivity index (χ0n) is 22.5. The van der Waals surface area contributed by atoms with Gasteiger partial charge < -0.3 is 13.6 Å². The van der Waals surface area contributed by atoms with Crippen LogP contribution >= 0.6 is 57.7 Å². The number of hydrogen-bond acceptors (Lipinski definition) is 7. The highest BCUT2D eigenvalue weighted by Crippen LogP contribution is 2.36. The van der Waals surface area contributed by atoms with E-state index in [1.54, 1.807) is 80.6 Å². The summed E-state index contributed by atoms with van der Waals surface area (Å²) in [5, 5.41) is 1.62. The Bertz CT molecular complexity index is 2120. The van der Waals surface area contributed by atoms with Crippen molar-refractivity contribution >= 4 is 69.8 Å². The molecule has 0 amide bonds. The molecule has 0 spiro atoms. The summed E-state index contributed by atoms with van der Waals surface area (Å²) < 4.78 is 19.4. The number of aromatic nitrogens is 1. The number of allylic oxidation sites excluding steroid dienone is 1. The molecule has 0 fully saturated rings. The molecule has 6 rings (SSSR count). The van der Waals surface area contributed by atoms with Crippen LogP contribution in [0.1, 0.15) is 31.4 Å². The van der Waals surface area contributed by atoms with E-state index in [0.29, 0.717) is 63.7 Å². The van der Waals surface area contributed by atoms with Crippen LogP contribution < -0.4 is 14.9 Å². The summed E-state index contributed by atoms with van der Waals surface area (Å²) in [5.41, 5.74) is 1.67. The summed E-state index contributed by atoms with van der Waals surface area (Å²) in [4.78, 5) is 32.1. The van der Waals surface area contributed by atoms with Gasteiger partial charge in [0.15, 0.2) is 4.80 Å².